The van der Waals surface area contributed by atoms with Crippen molar-refractivity contribution in [1.29, 1.82) is 0 Å². The standard InChI is InChI=1S/C19H23N3O3S/c1-15-7-9-18(10-8-15)26(24,25)22-13-11-17(12-14-22)21-19(23)20-16-5-3-2-4-6-16/h2-10,17H,11-14H2,1H3,(H2,20,21,23). The fraction of sp³-hybridized carbons (Fsp3) is 0.316. The van der Waals surface area contributed by atoms with Crippen LogP contribution in [0.4, 0.5) is 10.5 Å². The van der Waals surface area contributed by atoms with E-state index in [9.17, 15) is 13.2 Å². The first-order valence-electron chi connectivity index (χ1n) is 8.64. The second-order valence-electron chi connectivity index (χ2n) is 6.46. The van der Waals surface area contributed by atoms with E-state index in [0.29, 0.717) is 30.8 Å². The second-order valence-corrected chi connectivity index (χ2v) is 8.39. The highest BCUT2D eigenvalue weighted by molar-refractivity contribution is 7.89. The molecule has 6 nitrogen and oxygen atoms in total. The van der Waals surface area contributed by atoms with Gasteiger partial charge < -0.3 is 10.6 Å². The predicted molar refractivity (Wildman–Crippen MR) is 102 cm³/mol. The van der Waals surface area contributed by atoms with Gasteiger partial charge in [-0.05, 0) is 44.0 Å². The van der Waals surface area contributed by atoms with Crippen LogP contribution in [0.15, 0.2) is 59.5 Å². The largest absolute Gasteiger partial charge is 0.335 e. The molecule has 0 atom stereocenters. The van der Waals surface area contributed by atoms with Gasteiger partial charge in [0.15, 0.2) is 0 Å². The van der Waals surface area contributed by atoms with Crippen LogP contribution in [0.25, 0.3) is 0 Å². The van der Waals surface area contributed by atoms with Crippen LogP contribution in [-0.2, 0) is 10.0 Å². The van der Waals surface area contributed by atoms with Crippen molar-refractivity contribution in [3.05, 3.63) is 60.2 Å². The van der Waals surface area contributed by atoms with Crippen molar-refractivity contribution in [2.24, 2.45) is 0 Å². The number of nitrogens with zero attached hydrogens (tertiary/aromatic N) is 1. The minimum Gasteiger partial charge on any atom is -0.335 e. The number of para-hydroxylation sites is 1. The molecule has 138 valence electrons. The van der Waals surface area contributed by atoms with Crippen LogP contribution < -0.4 is 10.6 Å². The van der Waals surface area contributed by atoms with E-state index < -0.39 is 10.0 Å². The molecule has 2 aromatic rings. The summed E-state index contributed by atoms with van der Waals surface area (Å²) in [6, 6.07) is 15.8. The Labute approximate surface area is 154 Å². The molecule has 3 rings (SSSR count). The highest BCUT2D eigenvalue weighted by Gasteiger charge is 2.29. The number of hydrogen-bond acceptors (Lipinski definition) is 3. The van der Waals surface area contributed by atoms with Crippen molar-refractivity contribution in [2.45, 2.75) is 30.7 Å². The summed E-state index contributed by atoms with van der Waals surface area (Å²) in [7, 11) is -3.47. The van der Waals surface area contributed by atoms with Crippen molar-refractivity contribution in [1.82, 2.24) is 9.62 Å². The second kappa shape index (κ2) is 7.88. The lowest BCUT2D eigenvalue weighted by Gasteiger charge is -2.31. The van der Waals surface area contributed by atoms with Gasteiger partial charge >= 0.3 is 6.03 Å². The van der Waals surface area contributed by atoms with Gasteiger partial charge in [-0.15, -0.1) is 0 Å². The molecule has 0 radical (unpaired) electrons. The molecule has 1 heterocycles. The lowest BCUT2D eigenvalue weighted by Crippen LogP contribution is -2.47. The summed E-state index contributed by atoms with van der Waals surface area (Å²) in [5.74, 6) is 0. The summed E-state index contributed by atoms with van der Waals surface area (Å²) in [6.07, 6.45) is 1.18. The predicted octanol–water partition coefficient (Wildman–Crippen LogP) is 2.97. The number of rotatable bonds is 4. The van der Waals surface area contributed by atoms with Gasteiger partial charge in [0.1, 0.15) is 0 Å². The first-order chi connectivity index (χ1) is 12.4. The number of urea groups is 1. The minimum atomic E-state index is -3.47. The molecule has 1 aliphatic rings. The summed E-state index contributed by atoms with van der Waals surface area (Å²) in [4.78, 5) is 12.4. The summed E-state index contributed by atoms with van der Waals surface area (Å²) >= 11 is 0. The third-order valence-electron chi connectivity index (χ3n) is 4.48. The number of aryl methyl sites for hydroxylation is 1. The molecule has 7 heteroatoms. The topological polar surface area (TPSA) is 78.5 Å². The Morgan fingerprint density at radius 1 is 1.00 bits per heavy atom. The Morgan fingerprint density at radius 2 is 1.62 bits per heavy atom. The molecular formula is C19H23N3O3S. The minimum absolute atomic E-state index is 0.0387. The van der Waals surface area contributed by atoms with Crippen LogP contribution >= 0.6 is 0 Å². The number of hydrogen-bond donors (Lipinski definition) is 2. The average molecular weight is 373 g/mol. The molecular weight excluding hydrogens is 350 g/mol. The van der Waals surface area contributed by atoms with Crippen molar-refractivity contribution in [2.75, 3.05) is 18.4 Å². The van der Waals surface area contributed by atoms with E-state index in [1.807, 2.05) is 37.3 Å². The molecule has 0 unspecified atom stereocenters. The maximum absolute atomic E-state index is 12.7. The van der Waals surface area contributed by atoms with Crippen LogP contribution in [0.1, 0.15) is 18.4 Å². The first-order valence-corrected chi connectivity index (χ1v) is 10.1. The van der Waals surface area contributed by atoms with Gasteiger partial charge in [-0.3, -0.25) is 0 Å². The SMILES string of the molecule is Cc1ccc(S(=O)(=O)N2CCC(NC(=O)Nc3ccccc3)CC2)cc1. The molecule has 1 aliphatic heterocycles. The lowest BCUT2D eigenvalue weighted by atomic mass is 10.1. The lowest BCUT2D eigenvalue weighted by molar-refractivity contribution is 0.238. The zero-order valence-electron chi connectivity index (χ0n) is 14.7. The maximum Gasteiger partial charge on any atom is 0.319 e. The van der Waals surface area contributed by atoms with E-state index >= 15 is 0 Å². The molecule has 0 aromatic heterocycles. The number of anilines is 1. The number of piperidine rings is 1. The third kappa shape index (κ3) is 4.42. The number of sulfonamides is 1. The molecule has 0 aliphatic carbocycles. The van der Waals surface area contributed by atoms with E-state index in [0.717, 1.165) is 11.3 Å². The Bertz CT molecular complexity index is 843. The first kappa shape index (κ1) is 18.4. The molecule has 0 bridgehead atoms. The van der Waals surface area contributed by atoms with Gasteiger partial charge in [0.2, 0.25) is 10.0 Å². The quantitative estimate of drug-likeness (QED) is 0.865. The fourth-order valence-electron chi connectivity index (χ4n) is 2.97. The smallest absolute Gasteiger partial charge is 0.319 e. The van der Waals surface area contributed by atoms with Gasteiger partial charge in [-0.2, -0.15) is 4.31 Å². The Kier molecular flexibility index (Phi) is 5.58. The van der Waals surface area contributed by atoms with E-state index in [-0.39, 0.29) is 12.1 Å². The number of nitrogens with one attached hydrogen (secondary N) is 2. The van der Waals surface area contributed by atoms with E-state index in [4.69, 9.17) is 0 Å². The van der Waals surface area contributed by atoms with Crippen molar-refractivity contribution in [3.8, 4) is 0 Å². The Balaban J connectivity index is 1.54. The van der Waals surface area contributed by atoms with Crippen molar-refractivity contribution < 1.29 is 13.2 Å². The maximum atomic E-state index is 12.7. The van der Waals surface area contributed by atoms with Crippen LogP contribution in [0, 0.1) is 6.92 Å². The molecule has 0 saturated carbocycles. The number of carbonyl (C=O) groups is 1. The van der Waals surface area contributed by atoms with Gasteiger partial charge in [0.05, 0.1) is 4.90 Å². The zero-order valence-corrected chi connectivity index (χ0v) is 15.5. The molecule has 2 aromatic carbocycles. The van der Waals surface area contributed by atoms with Gasteiger partial charge in [-0.1, -0.05) is 35.9 Å². The summed E-state index contributed by atoms with van der Waals surface area (Å²) < 4.78 is 26.9. The summed E-state index contributed by atoms with van der Waals surface area (Å²) in [6.45, 7) is 2.72. The Morgan fingerprint density at radius 3 is 2.23 bits per heavy atom. The fourth-order valence-corrected chi connectivity index (χ4v) is 4.44. The molecule has 1 fully saturated rings. The normalized spacial score (nSPS) is 16.2. The van der Waals surface area contributed by atoms with Crippen LogP contribution in [0.3, 0.4) is 0 Å². The van der Waals surface area contributed by atoms with Gasteiger partial charge in [0, 0.05) is 24.8 Å². The molecule has 26 heavy (non-hydrogen) atoms. The summed E-state index contributed by atoms with van der Waals surface area (Å²) in [5, 5.41) is 5.69. The Hall–Kier alpha value is -2.38. The number of benzene rings is 2. The highest BCUT2D eigenvalue weighted by Crippen LogP contribution is 2.21. The molecule has 0 spiro atoms. The summed E-state index contributed by atoms with van der Waals surface area (Å²) in [5.41, 5.74) is 1.75. The molecule has 1 saturated heterocycles. The van der Waals surface area contributed by atoms with Crippen molar-refractivity contribution in [3.63, 3.8) is 0 Å². The van der Waals surface area contributed by atoms with E-state index in [1.165, 1.54) is 4.31 Å². The van der Waals surface area contributed by atoms with Crippen LogP contribution in [0.5, 0.6) is 0 Å². The molecule has 2 amide bonds. The zero-order chi connectivity index (χ0) is 18.6. The monoisotopic (exact) mass is 373 g/mol. The average Bonchev–Trinajstić information content (AvgIpc) is 2.63. The van der Waals surface area contributed by atoms with Crippen LogP contribution in [0.2, 0.25) is 0 Å². The van der Waals surface area contributed by atoms with Crippen molar-refractivity contribution >= 4 is 21.7 Å². The van der Waals surface area contributed by atoms with E-state index in [2.05, 4.69) is 10.6 Å². The van der Waals surface area contributed by atoms with Gasteiger partial charge in [-0.25, -0.2) is 13.2 Å². The number of amides is 2. The van der Waals surface area contributed by atoms with Crippen LogP contribution in [-0.4, -0.2) is 37.9 Å². The molecule has 2 N–H and O–H groups in total. The highest BCUT2D eigenvalue weighted by atomic mass is 32.2. The van der Waals surface area contributed by atoms with Gasteiger partial charge in [0.25, 0.3) is 0 Å². The van der Waals surface area contributed by atoms with E-state index in [1.54, 1.807) is 24.3 Å². The number of carbonyl (C=O) groups excluding carboxylic acids is 1. The third-order valence-corrected chi connectivity index (χ3v) is 6.39.